The lowest BCUT2D eigenvalue weighted by Gasteiger charge is -2.25. The molecule has 1 aliphatic heterocycles. The van der Waals surface area contributed by atoms with Crippen LogP contribution in [-0.4, -0.2) is 23.9 Å². The SMILES string of the molecule is COc1ccc(Cl)cc1/C(O)=C1/C(=O)C(=O)N(c2ccc(Cl)cc2C)C1c1ccco1. The quantitative estimate of drug-likeness (QED) is 0.316. The molecular formula is C23H17Cl2NO5. The molecule has 4 rings (SSSR count). The van der Waals surface area contributed by atoms with Crippen LogP contribution in [0, 0.1) is 6.92 Å². The molecule has 1 aliphatic rings. The number of benzene rings is 2. The molecule has 1 unspecified atom stereocenters. The van der Waals surface area contributed by atoms with Gasteiger partial charge in [-0.15, -0.1) is 0 Å². The van der Waals surface area contributed by atoms with Gasteiger partial charge in [0.1, 0.15) is 23.3 Å². The van der Waals surface area contributed by atoms with Gasteiger partial charge in [0, 0.05) is 15.7 Å². The van der Waals surface area contributed by atoms with Gasteiger partial charge < -0.3 is 14.3 Å². The highest BCUT2D eigenvalue weighted by Gasteiger charge is 2.48. The third-order valence-electron chi connectivity index (χ3n) is 5.09. The Morgan fingerprint density at radius 1 is 1.10 bits per heavy atom. The van der Waals surface area contributed by atoms with E-state index in [-0.39, 0.29) is 11.1 Å². The van der Waals surface area contributed by atoms with Crippen molar-refractivity contribution in [3.8, 4) is 5.75 Å². The summed E-state index contributed by atoms with van der Waals surface area (Å²) in [6, 6.07) is 11.9. The van der Waals surface area contributed by atoms with Crippen LogP contribution in [0.2, 0.25) is 10.0 Å². The lowest BCUT2D eigenvalue weighted by molar-refractivity contribution is -0.132. The highest BCUT2D eigenvalue weighted by Crippen LogP contribution is 2.44. The zero-order chi connectivity index (χ0) is 22.3. The van der Waals surface area contributed by atoms with E-state index in [1.807, 2.05) is 0 Å². The zero-order valence-electron chi connectivity index (χ0n) is 16.6. The minimum absolute atomic E-state index is 0.130. The standard InChI is InChI=1S/C23H17Cl2NO5/c1-12-10-13(24)5-7-16(12)26-20(18-4-3-9-31-18)19(22(28)23(26)29)21(27)15-11-14(25)6-8-17(15)30-2/h3-11,20,27H,1-2H3/b21-19-. The lowest BCUT2D eigenvalue weighted by Crippen LogP contribution is -2.29. The second-order valence-corrected chi connectivity index (χ2v) is 7.83. The molecule has 2 aromatic carbocycles. The largest absolute Gasteiger partial charge is 0.507 e. The number of halogens is 2. The van der Waals surface area contributed by atoms with Crippen LogP contribution in [-0.2, 0) is 9.59 Å². The molecule has 0 radical (unpaired) electrons. The van der Waals surface area contributed by atoms with Crippen molar-refractivity contribution in [1.29, 1.82) is 0 Å². The summed E-state index contributed by atoms with van der Waals surface area (Å²) in [5, 5.41) is 12.0. The van der Waals surface area contributed by atoms with Crippen LogP contribution in [0.5, 0.6) is 5.75 Å². The molecular weight excluding hydrogens is 441 g/mol. The number of aliphatic hydroxyl groups excluding tert-OH is 1. The second-order valence-electron chi connectivity index (χ2n) is 6.96. The van der Waals surface area contributed by atoms with Gasteiger partial charge in [-0.2, -0.15) is 0 Å². The van der Waals surface area contributed by atoms with Crippen molar-refractivity contribution in [2.75, 3.05) is 12.0 Å². The molecule has 0 saturated carbocycles. The smallest absolute Gasteiger partial charge is 0.300 e. The number of rotatable bonds is 4. The average molecular weight is 458 g/mol. The summed E-state index contributed by atoms with van der Waals surface area (Å²) in [5.41, 5.74) is 1.23. The summed E-state index contributed by atoms with van der Waals surface area (Å²) >= 11 is 12.2. The predicted molar refractivity (Wildman–Crippen MR) is 118 cm³/mol. The number of carbonyl (C=O) groups is 2. The number of furan rings is 1. The van der Waals surface area contributed by atoms with Gasteiger partial charge in [-0.05, 0) is 61.0 Å². The van der Waals surface area contributed by atoms with Gasteiger partial charge in [-0.25, -0.2) is 0 Å². The van der Waals surface area contributed by atoms with E-state index >= 15 is 0 Å². The van der Waals surface area contributed by atoms with Gasteiger partial charge in [-0.3, -0.25) is 14.5 Å². The molecule has 158 valence electrons. The zero-order valence-corrected chi connectivity index (χ0v) is 18.1. The highest BCUT2D eigenvalue weighted by molar-refractivity contribution is 6.51. The fourth-order valence-electron chi connectivity index (χ4n) is 3.70. The van der Waals surface area contributed by atoms with Crippen molar-refractivity contribution in [2.24, 2.45) is 0 Å². The molecule has 1 aromatic heterocycles. The third-order valence-corrected chi connectivity index (χ3v) is 5.56. The predicted octanol–water partition coefficient (Wildman–Crippen LogP) is 5.53. The number of aliphatic hydroxyl groups is 1. The summed E-state index contributed by atoms with van der Waals surface area (Å²) in [4.78, 5) is 27.5. The normalized spacial score (nSPS) is 17.9. The maximum atomic E-state index is 13.1. The molecule has 1 atom stereocenters. The summed E-state index contributed by atoms with van der Waals surface area (Å²) < 4.78 is 10.9. The number of hydrogen-bond donors (Lipinski definition) is 1. The number of aryl methyl sites for hydroxylation is 1. The van der Waals surface area contributed by atoms with Crippen molar-refractivity contribution in [1.82, 2.24) is 0 Å². The van der Waals surface area contributed by atoms with Gasteiger partial charge in [0.05, 0.1) is 24.5 Å². The van der Waals surface area contributed by atoms with Crippen molar-refractivity contribution in [3.05, 3.63) is 87.3 Å². The van der Waals surface area contributed by atoms with E-state index in [2.05, 4.69) is 0 Å². The molecule has 1 amide bonds. The molecule has 1 N–H and O–H groups in total. The molecule has 0 aliphatic carbocycles. The summed E-state index contributed by atoms with van der Waals surface area (Å²) in [7, 11) is 1.43. The summed E-state index contributed by atoms with van der Waals surface area (Å²) in [5.74, 6) is -1.44. The van der Waals surface area contributed by atoms with E-state index in [0.29, 0.717) is 32.8 Å². The van der Waals surface area contributed by atoms with Crippen molar-refractivity contribution >= 4 is 46.3 Å². The fraction of sp³-hybridized carbons (Fsp3) is 0.130. The molecule has 8 heteroatoms. The minimum Gasteiger partial charge on any atom is -0.507 e. The number of anilines is 1. The third kappa shape index (κ3) is 3.58. The fourth-order valence-corrected chi connectivity index (χ4v) is 4.10. The monoisotopic (exact) mass is 457 g/mol. The first-order valence-corrected chi connectivity index (χ1v) is 10.0. The van der Waals surface area contributed by atoms with E-state index in [1.165, 1.54) is 24.3 Å². The molecule has 0 bridgehead atoms. The Morgan fingerprint density at radius 3 is 2.45 bits per heavy atom. The molecule has 31 heavy (non-hydrogen) atoms. The number of hydrogen-bond acceptors (Lipinski definition) is 5. The summed E-state index contributed by atoms with van der Waals surface area (Å²) in [6.45, 7) is 1.78. The Labute approximate surface area is 188 Å². The minimum atomic E-state index is -0.987. The molecule has 3 aromatic rings. The van der Waals surface area contributed by atoms with Crippen molar-refractivity contribution in [3.63, 3.8) is 0 Å². The molecule has 0 spiro atoms. The second kappa shape index (κ2) is 8.13. The van der Waals surface area contributed by atoms with Gasteiger partial charge in [-0.1, -0.05) is 23.2 Å². The van der Waals surface area contributed by atoms with Gasteiger partial charge in [0.15, 0.2) is 0 Å². The summed E-state index contributed by atoms with van der Waals surface area (Å²) in [6.07, 6.45) is 1.43. The van der Waals surface area contributed by atoms with E-state index in [1.54, 1.807) is 49.4 Å². The Hall–Kier alpha value is -3.22. The van der Waals surface area contributed by atoms with Crippen LogP contribution < -0.4 is 9.64 Å². The first-order chi connectivity index (χ1) is 14.8. The Kier molecular flexibility index (Phi) is 5.52. The van der Waals surface area contributed by atoms with Crippen LogP contribution in [0.4, 0.5) is 5.69 Å². The number of amides is 1. The highest BCUT2D eigenvalue weighted by atomic mass is 35.5. The van der Waals surface area contributed by atoms with Crippen molar-refractivity contribution in [2.45, 2.75) is 13.0 Å². The van der Waals surface area contributed by atoms with E-state index in [0.717, 1.165) is 0 Å². The Bertz CT molecular complexity index is 1220. The van der Waals surface area contributed by atoms with Crippen LogP contribution in [0.3, 0.4) is 0 Å². The maximum Gasteiger partial charge on any atom is 0.300 e. The Balaban J connectivity index is 1.98. The van der Waals surface area contributed by atoms with Crippen LogP contribution in [0.25, 0.3) is 5.76 Å². The van der Waals surface area contributed by atoms with Gasteiger partial charge >= 0.3 is 0 Å². The Morgan fingerprint density at radius 2 is 1.81 bits per heavy atom. The number of ether oxygens (including phenoxy) is 1. The van der Waals surface area contributed by atoms with E-state index in [4.69, 9.17) is 32.4 Å². The molecule has 2 heterocycles. The van der Waals surface area contributed by atoms with E-state index in [9.17, 15) is 14.7 Å². The number of methoxy groups -OCH3 is 1. The molecule has 6 nitrogen and oxygen atoms in total. The average Bonchev–Trinajstić information content (AvgIpc) is 3.35. The number of Topliss-reactive ketones (excluding diaryl/α,β-unsaturated/α-hetero) is 1. The number of ketones is 1. The van der Waals surface area contributed by atoms with Crippen LogP contribution >= 0.6 is 23.2 Å². The maximum absolute atomic E-state index is 13.1. The topological polar surface area (TPSA) is 80.0 Å². The molecule has 1 saturated heterocycles. The van der Waals surface area contributed by atoms with Crippen molar-refractivity contribution < 1.29 is 23.8 Å². The van der Waals surface area contributed by atoms with E-state index < -0.39 is 23.5 Å². The van der Waals surface area contributed by atoms with Crippen LogP contribution in [0.1, 0.15) is 22.9 Å². The first-order valence-electron chi connectivity index (χ1n) is 9.28. The van der Waals surface area contributed by atoms with Crippen LogP contribution in [0.15, 0.2) is 64.8 Å². The first kappa shape index (κ1) is 21.0. The van der Waals surface area contributed by atoms with Gasteiger partial charge in [0.25, 0.3) is 11.7 Å². The number of nitrogens with zero attached hydrogens (tertiary/aromatic N) is 1. The van der Waals surface area contributed by atoms with Gasteiger partial charge in [0.2, 0.25) is 0 Å². The lowest BCUT2D eigenvalue weighted by atomic mass is 9.98. The molecule has 1 fully saturated rings. The number of carbonyl (C=O) groups excluding carboxylic acids is 2.